The number of anilines is 1. The van der Waals surface area contributed by atoms with E-state index in [2.05, 4.69) is 55.8 Å². The van der Waals surface area contributed by atoms with Gasteiger partial charge in [0.2, 0.25) is 0 Å². The number of aliphatic imine (C=N–C) groups is 1. The number of alkyl halides is 4. The summed E-state index contributed by atoms with van der Waals surface area (Å²) in [6.07, 6.45) is 1.23. The van der Waals surface area contributed by atoms with E-state index >= 15 is 0 Å². The molecule has 1 aliphatic carbocycles. The topological polar surface area (TPSA) is 30.6 Å². The third-order valence-electron chi connectivity index (χ3n) is 8.15. The highest BCUT2D eigenvalue weighted by Gasteiger charge is 2.38. The molecule has 1 atom stereocenters. The highest BCUT2D eigenvalue weighted by molar-refractivity contribution is 6.33. The lowest BCUT2D eigenvalue weighted by Crippen LogP contribution is -2.44. The first-order valence-corrected chi connectivity index (χ1v) is 15.6. The van der Waals surface area contributed by atoms with Gasteiger partial charge in [-0.15, -0.1) is 0 Å². The van der Waals surface area contributed by atoms with Crippen LogP contribution >= 0.6 is 11.6 Å². The summed E-state index contributed by atoms with van der Waals surface area (Å²) in [5, 5.41) is 4.08. The highest BCUT2D eigenvalue weighted by Crippen LogP contribution is 2.38. The van der Waals surface area contributed by atoms with Crippen molar-refractivity contribution in [2.24, 2.45) is 10.9 Å². The summed E-state index contributed by atoms with van der Waals surface area (Å²) in [5.74, 6) is 0.102. The lowest BCUT2D eigenvalue weighted by molar-refractivity contribution is -0.512. The maximum Gasteiger partial charge on any atom is 0.412 e. The second-order valence-electron chi connectivity index (χ2n) is 12.4. The van der Waals surface area contributed by atoms with Crippen LogP contribution in [-0.2, 0) is 0 Å². The van der Waals surface area contributed by atoms with Gasteiger partial charge in [0.15, 0.2) is 5.84 Å². The molecule has 0 fully saturated rings. The Morgan fingerprint density at radius 1 is 1.11 bits per heavy atom. The summed E-state index contributed by atoms with van der Waals surface area (Å²) in [4.78, 5) is 6.81. The number of hydrogen-bond donors (Lipinski definition) is 1. The fourth-order valence-corrected chi connectivity index (χ4v) is 6.25. The number of halogens is 5. The Morgan fingerprint density at radius 3 is 2.34 bits per heavy atom. The molecule has 0 spiro atoms. The molecule has 238 valence electrons. The largest absolute Gasteiger partial charge is 0.412 e. The molecule has 1 N–H and O–H groups in total. The summed E-state index contributed by atoms with van der Waals surface area (Å²) in [6.45, 7) is 14.8. The van der Waals surface area contributed by atoms with Crippen LogP contribution in [0.15, 0.2) is 58.6 Å². The predicted molar refractivity (Wildman–Crippen MR) is 174 cm³/mol. The number of para-hydroxylation sites is 1. The van der Waals surface area contributed by atoms with Crippen LogP contribution in [0.5, 0.6) is 0 Å². The smallest absolute Gasteiger partial charge is 0.404 e. The third kappa shape index (κ3) is 7.68. The molecule has 0 aromatic heterocycles. The van der Waals surface area contributed by atoms with Crippen LogP contribution in [0.4, 0.5) is 28.9 Å². The van der Waals surface area contributed by atoms with E-state index in [0.717, 1.165) is 29.4 Å². The van der Waals surface area contributed by atoms with Crippen molar-refractivity contribution >= 4 is 35.1 Å². The number of hydrogen-bond acceptors (Lipinski definition) is 2. The van der Waals surface area contributed by atoms with Crippen LogP contribution < -0.4 is 5.32 Å². The van der Waals surface area contributed by atoms with Crippen molar-refractivity contribution in [2.45, 2.75) is 79.3 Å². The Hall–Kier alpha value is -3.26. The van der Waals surface area contributed by atoms with Crippen molar-refractivity contribution in [1.82, 2.24) is 4.90 Å². The van der Waals surface area contributed by atoms with Crippen LogP contribution in [0.3, 0.4) is 0 Å². The average Bonchev–Trinajstić information content (AvgIpc) is 2.96. The van der Waals surface area contributed by atoms with Crippen molar-refractivity contribution < 1.29 is 22.1 Å². The molecule has 0 amide bonds. The number of nitrogens with one attached hydrogen (secondary N) is 1. The molecule has 2 aromatic rings. The van der Waals surface area contributed by atoms with E-state index in [9.17, 15) is 17.6 Å². The van der Waals surface area contributed by atoms with Gasteiger partial charge in [0.25, 0.3) is 0 Å². The number of rotatable bonds is 8. The Morgan fingerprint density at radius 2 is 1.77 bits per heavy atom. The van der Waals surface area contributed by atoms with Crippen molar-refractivity contribution in [1.29, 1.82) is 0 Å². The number of benzene rings is 2. The molecule has 9 heteroatoms. The first-order valence-electron chi connectivity index (χ1n) is 15.2. The fraction of sp³-hybridized carbons (Fsp3) is 0.457. The molecular weight excluding hydrogens is 588 g/mol. The van der Waals surface area contributed by atoms with E-state index in [4.69, 9.17) is 16.6 Å². The molecule has 1 heterocycles. The minimum absolute atomic E-state index is 0.0917. The highest BCUT2D eigenvalue weighted by atomic mass is 35.5. The minimum atomic E-state index is -4.57. The van der Waals surface area contributed by atoms with Gasteiger partial charge in [-0.1, -0.05) is 82.6 Å². The maximum absolute atomic E-state index is 14.0. The van der Waals surface area contributed by atoms with Crippen LogP contribution in [0, 0.1) is 25.9 Å². The monoisotopic (exact) mass is 630 g/mol. The first kappa shape index (κ1) is 33.6. The molecule has 44 heavy (non-hydrogen) atoms. The summed E-state index contributed by atoms with van der Waals surface area (Å²) in [7, 11) is 0. The maximum atomic E-state index is 14.0. The normalized spacial score (nSPS) is 18.0. The summed E-state index contributed by atoms with van der Waals surface area (Å²) in [6, 6.07) is 10.1. The number of nitrogens with zero attached hydrogens (tertiary/aromatic N) is 3. The SMILES string of the molecule is Cc1cc(C)c(N=C(C2C=C(CF)CC(C(F)(F)F)=C2)N2C=[N+]([C-](C)Nc3c(C(C)C)cccc3C(C)C)CCC2)c(Cl)c1. The average molecular weight is 631 g/mol. The van der Waals surface area contributed by atoms with Crippen LogP contribution in [0.1, 0.15) is 81.5 Å². The summed E-state index contributed by atoms with van der Waals surface area (Å²) in [5.41, 5.74) is 5.10. The molecule has 2 aromatic carbocycles. The zero-order valence-electron chi connectivity index (χ0n) is 26.6. The molecule has 4 rings (SSSR count). The standard InChI is InChI=1S/C35H43ClF4N4/c1-21(2)29-10-8-11-30(22(3)4)33(29)41-25(7)43-12-9-13-44(20-43)34(42-32-24(6)14-23(5)15-31(32)36)27-16-26(19-37)17-28(18-27)35(38,39)40/h8,10-11,14-16,18,20-22,27,41H,9,12-13,17,19H2,1-7H3. The third-order valence-corrected chi connectivity index (χ3v) is 8.44. The van der Waals surface area contributed by atoms with E-state index < -0.39 is 30.8 Å². The van der Waals surface area contributed by atoms with Crippen LogP contribution in [-0.4, -0.2) is 47.6 Å². The van der Waals surface area contributed by atoms with Gasteiger partial charge in [-0.2, -0.15) is 13.2 Å². The number of amidine groups is 1. The Balaban J connectivity index is 1.81. The molecule has 0 saturated heterocycles. The first-order chi connectivity index (χ1) is 20.7. The van der Waals surface area contributed by atoms with E-state index in [1.54, 1.807) is 12.1 Å². The zero-order chi connectivity index (χ0) is 32.3. The Kier molecular flexibility index (Phi) is 10.5. The molecule has 1 unspecified atom stereocenters. The zero-order valence-corrected chi connectivity index (χ0v) is 27.4. The van der Waals surface area contributed by atoms with Gasteiger partial charge in [0.05, 0.1) is 29.7 Å². The molecule has 4 nitrogen and oxygen atoms in total. The summed E-state index contributed by atoms with van der Waals surface area (Å²) >= 11 is 6.63. The van der Waals surface area contributed by atoms with Gasteiger partial charge < -0.3 is 9.89 Å². The van der Waals surface area contributed by atoms with E-state index in [1.807, 2.05) is 38.1 Å². The van der Waals surface area contributed by atoms with Crippen molar-refractivity contribution in [3.63, 3.8) is 0 Å². The van der Waals surface area contributed by atoms with Crippen molar-refractivity contribution in [2.75, 3.05) is 25.1 Å². The lowest BCUT2D eigenvalue weighted by Gasteiger charge is -2.36. The minimum Gasteiger partial charge on any atom is -0.404 e. The second-order valence-corrected chi connectivity index (χ2v) is 12.8. The molecule has 1 aliphatic heterocycles. The molecule has 0 radical (unpaired) electrons. The predicted octanol–water partition coefficient (Wildman–Crippen LogP) is 10.0. The van der Waals surface area contributed by atoms with Crippen LogP contribution in [0.25, 0.3) is 0 Å². The van der Waals surface area contributed by atoms with Crippen LogP contribution in [0.2, 0.25) is 5.02 Å². The van der Waals surface area contributed by atoms with Crippen molar-refractivity contribution in [3.05, 3.63) is 87.1 Å². The van der Waals surface area contributed by atoms with E-state index in [1.165, 1.54) is 17.2 Å². The Bertz CT molecular complexity index is 1440. The van der Waals surface area contributed by atoms with Gasteiger partial charge in [-0.25, -0.2) is 9.38 Å². The fourth-order valence-electron chi connectivity index (χ4n) is 5.88. The molecule has 0 bridgehead atoms. The van der Waals surface area contributed by atoms with E-state index in [0.29, 0.717) is 41.5 Å². The van der Waals surface area contributed by atoms with Gasteiger partial charge in [0, 0.05) is 30.3 Å². The summed E-state index contributed by atoms with van der Waals surface area (Å²) < 4.78 is 57.9. The second kappa shape index (κ2) is 13.8. The Labute approximate surface area is 264 Å². The van der Waals surface area contributed by atoms with Crippen molar-refractivity contribution in [3.8, 4) is 0 Å². The van der Waals surface area contributed by atoms with Gasteiger partial charge >= 0.3 is 6.18 Å². The van der Waals surface area contributed by atoms with Gasteiger partial charge in [-0.3, -0.25) is 4.90 Å². The number of aryl methyl sites for hydroxylation is 2. The molecule has 2 aliphatic rings. The number of allylic oxidation sites excluding steroid dienone is 2. The molecular formula is C35H43ClF4N4. The quantitative estimate of drug-likeness (QED) is 0.0786. The van der Waals surface area contributed by atoms with E-state index in [-0.39, 0.29) is 5.57 Å². The van der Waals surface area contributed by atoms with Gasteiger partial charge in [-0.05, 0) is 59.6 Å². The lowest BCUT2D eigenvalue weighted by atomic mass is 9.90. The van der Waals surface area contributed by atoms with Gasteiger partial charge in [0.1, 0.15) is 13.0 Å². The molecule has 0 saturated carbocycles.